The van der Waals surface area contributed by atoms with Crippen LogP contribution in [0.1, 0.15) is 21.8 Å². The third-order valence-electron chi connectivity index (χ3n) is 2.88. The molecule has 0 amide bonds. The molecule has 0 aliphatic carbocycles. The van der Waals surface area contributed by atoms with Crippen LogP contribution in [0.25, 0.3) is 0 Å². The molecule has 0 radical (unpaired) electrons. The molecule has 0 spiro atoms. The highest BCUT2D eigenvalue weighted by Crippen LogP contribution is 2.25. The first kappa shape index (κ1) is 14.7. The average molecular weight is 293 g/mol. The Hall–Kier alpha value is -2.68. The van der Waals surface area contributed by atoms with Crippen LogP contribution in [0.3, 0.4) is 0 Å². The predicted octanol–water partition coefficient (Wildman–Crippen LogP) is 3.73. The minimum Gasteiger partial charge on any atom is -0.292 e. The van der Waals surface area contributed by atoms with Crippen molar-refractivity contribution in [3.8, 4) is 6.07 Å². The summed E-state index contributed by atoms with van der Waals surface area (Å²) in [4.78, 5) is 12.1. The first-order valence-corrected chi connectivity index (χ1v) is 5.78. The van der Waals surface area contributed by atoms with Gasteiger partial charge in [-0.05, 0) is 18.2 Å². The highest BCUT2D eigenvalue weighted by molar-refractivity contribution is 6.03. The number of hydrogen-bond acceptors (Lipinski definition) is 2. The molecule has 0 fully saturated rings. The van der Waals surface area contributed by atoms with E-state index in [1.807, 2.05) is 0 Å². The zero-order chi connectivity index (χ0) is 15.6. The topological polar surface area (TPSA) is 40.9 Å². The Kier molecular flexibility index (Phi) is 4.03. The number of rotatable bonds is 3. The molecule has 0 bridgehead atoms. The molecular formula is C15H7F4NO. The molecule has 106 valence electrons. The van der Waals surface area contributed by atoms with Crippen LogP contribution in [0.2, 0.25) is 0 Å². The van der Waals surface area contributed by atoms with E-state index in [1.54, 1.807) is 0 Å². The number of hydrogen-bond donors (Lipinski definition) is 0. The maximum absolute atomic E-state index is 13.6. The Labute approximate surface area is 117 Å². The molecule has 6 heteroatoms. The Morgan fingerprint density at radius 1 is 1.05 bits per heavy atom. The largest absolute Gasteiger partial charge is 0.292 e. The van der Waals surface area contributed by atoms with Gasteiger partial charge in [0.05, 0.1) is 11.6 Å². The number of Topliss-reactive ketones (excluding diaryl/α,β-unsaturated/α-hetero) is 1. The van der Waals surface area contributed by atoms with Gasteiger partial charge < -0.3 is 0 Å². The minimum absolute atomic E-state index is 0.396. The normalized spacial score (nSPS) is 11.8. The van der Waals surface area contributed by atoms with Gasteiger partial charge in [-0.15, -0.1) is 0 Å². The molecule has 0 N–H and O–H groups in total. The van der Waals surface area contributed by atoms with Crippen LogP contribution in [0.5, 0.6) is 0 Å². The summed E-state index contributed by atoms with van der Waals surface area (Å²) >= 11 is 0. The van der Waals surface area contributed by atoms with Crippen molar-refractivity contribution in [2.75, 3.05) is 0 Å². The molecule has 0 aliphatic heterocycles. The fourth-order valence-corrected chi connectivity index (χ4v) is 1.85. The molecule has 1 unspecified atom stereocenters. The van der Waals surface area contributed by atoms with Gasteiger partial charge >= 0.3 is 0 Å². The number of nitrogens with zero attached hydrogens (tertiary/aromatic N) is 1. The average Bonchev–Trinajstić information content (AvgIpc) is 2.44. The molecule has 0 heterocycles. The second-order valence-corrected chi connectivity index (χ2v) is 4.19. The maximum Gasteiger partial charge on any atom is 0.187 e. The SMILES string of the molecule is N#CC(C(=O)c1cccc(F)c1F)c1ccc(F)cc1F. The van der Waals surface area contributed by atoms with Crippen LogP contribution in [0.4, 0.5) is 17.6 Å². The zero-order valence-electron chi connectivity index (χ0n) is 10.4. The zero-order valence-corrected chi connectivity index (χ0v) is 10.4. The van der Waals surface area contributed by atoms with Gasteiger partial charge in [0.1, 0.15) is 17.6 Å². The lowest BCUT2D eigenvalue weighted by Gasteiger charge is -2.10. The third kappa shape index (κ3) is 2.77. The van der Waals surface area contributed by atoms with Gasteiger partial charge in [0.2, 0.25) is 0 Å². The molecule has 2 rings (SSSR count). The highest BCUT2D eigenvalue weighted by Gasteiger charge is 2.27. The molecule has 0 aliphatic rings. The summed E-state index contributed by atoms with van der Waals surface area (Å²) in [5.41, 5.74) is -1.06. The van der Waals surface area contributed by atoms with Crippen molar-refractivity contribution < 1.29 is 22.4 Å². The Balaban J connectivity index is 2.49. The van der Waals surface area contributed by atoms with Gasteiger partial charge in [0, 0.05) is 11.6 Å². The summed E-state index contributed by atoms with van der Waals surface area (Å²) in [5, 5.41) is 9.02. The van der Waals surface area contributed by atoms with Gasteiger partial charge in [-0.2, -0.15) is 5.26 Å². The molecule has 2 nitrogen and oxygen atoms in total. The lowest BCUT2D eigenvalue weighted by atomic mass is 9.91. The first-order valence-electron chi connectivity index (χ1n) is 5.78. The maximum atomic E-state index is 13.6. The summed E-state index contributed by atoms with van der Waals surface area (Å²) in [6.45, 7) is 0. The van der Waals surface area contributed by atoms with Gasteiger partial charge in [-0.25, -0.2) is 17.6 Å². The van der Waals surface area contributed by atoms with Gasteiger partial charge in [0.25, 0.3) is 0 Å². The monoisotopic (exact) mass is 293 g/mol. The number of carbonyl (C=O) groups is 1. The fourth-order valence-electron chi connectivity index (χ4n) is 1.85. The van der Waals surface area contributed by atoms with E-state index in [0.29, 0.717) is 6.07 Å². The number of halogens is 4. The van der Waals surface area contributed by atoms with Crippen LogP contribution in [0.15, 0.2) is 36.4 Å². The van der Waals surface area contributed by atoms with Crippen LogP contribution in [0, 0.1) is 34.6 Å². The van der Waals surface area contributed by atoms with Gasteiger partial charge in [0.15, 0.2) is 17.4 Å². The van der Waals surface area contributed by atoms with Crippen molar-refractivity contribution in [1.82, 2.24) is 0 Å². The predicted molar refractivity (Wildman–Crippen MR) is 65.4 cm³/mol. The van der Waals surface area contributed by atoms with Crippen LogP contribution in [-0.4, -0.2) is 5.78 Å². The first-order chi connectivity index (χ1) is 9.95. The highest BCUT2D eigenvalue weighted by atomic mass is 19.2. The van der Waals surface area contributed by atoms with E-state index in [2.05, 4.69) is 0 Å². The molecule has 2 aromatic rings. The molecule has 21 heavy (non-hydrogen) atoms. The van der Waals surface area contributed by atoms with E-state index in [0.717, 1.165) is 30.3 Å². The Morgan fingerprint density at radius 3 is 2.38 bits per heavy atom. The van der Waals surface area contributed by atoms with Crippen molar-refractivity contribution in [3.05, 3.63) is 70.8 Å². The fraction of sp³-hybridized carbons (Fsp3) is 0.0667. The molecule has 2 aromatic carbocycles. The van der Waals surface area contributed by atoms with Crippen LogP contribution >= 0.6 is 0 Å². The van der Waals surface area contributed by atoms with Crippen molar-refractivity contribution in [2.24, 2.45) is 0 Å². The van der Waals surface area contributed by atoms with E-state index < -0.39 is 46.1 Å². The van der Waals surface area contributed by atoms with E-state index >= 15 is 0 Å². The lowest BCUT2D eigenvalue weighted by molar-refractivity contribution is 0.0972. The number of ketones is 1. The smallest absolute Gasteiger partial charge is 0.187 e. The number of benzene rings is 2. The third-order valence-corrected chi connectivity index (χ3v) is 2.88. The molecule has 0 aromatic heterocycles. The second-order valence-electron chi connectivity index (χ2n) is 4.19. The van der Waals surface area contributed by atoms with Crippen molar-refractivity contribution in [1.29, 1.82) is 5.26 Å². The van der Waals surface area contributed by atoms with E-state index in [1.165, 1.54) is 6.07 Å². The van der Waals surface area contributed by atoms with E-state index in [9.17, 15) is 22.4 Å². The quantitative estimate of drug-likeness (QED) is 0.639. The van der Waals surface area contributed by atoms with Crippen molar-refractivity contribution in [2.45, 2.75) is 5.92 Å². The standard InChI is InChI=1S/C15H7F4NO/c16-8-4-5-9(13(18)6-8)11(7-20)15(21)10-2-1-3-12(17)14(10)19/h1-6,11H. The molecule has 0 saturated carbocycles. The van der Waals surface area contributed by atoms with Crippen LogP contribution in [-0.2, 0) is 0 Å². The van der Waals surface area contributed by atoms with Crippen molar-refractivity contribution >= 4 is 5.78 Å². The summed E-state index contributed by atoms with van der Waals surface area (Å²) in [6, 6.07) is 6.73. The minimum atomic E-state index is -1.69. The van der Waals surface area contributed by atoms with Crippen molar-refractivity contribution in [3.63, 3.8) is 0 Å². The number of carbonyl (C=O) groups excluding carboxylic acids is 1. The van der Waals surface area contributed by atoms with E-state index in [-0.39, 0.29) is 0 Å². The second kappa shape index (κ2) is 5.75. The Morgan fingerprint density at radius 2 is 1.76 bits per heavy atom. The number of nitriles is 1. The Bertz CT molecular complexity index is 752. The molecule has 0 saturated heterocycles. The molecule has 1 atom stereocenters. The van der Waals surface area contributed by atoms with Crippen LogP contribution < -0.4 is 0 Å². The lowest BCUT2D eigenvalue weighted by Crippen LogP contribution is -2.15. The van der Waals surface area contributed by atoms with Gasteiger partial charge in [-0.1, -0.05) is 12.1 Å². The van der Waals surface area contributed by atoms with Gasteiger partial charge in [-0.3, -0.25) is 4.79 Å². The summed E-state index contributed by atoms with van der Waals surface area (Å²) in [7, 11) is 0. The summed E-state index contributed by atoms with van der Waals surface area (Å²) in [6.07, 6.45) is 0. The summed E-state index contributed by atoms with van der Waals surface area (Å²) < 4.78 is 53.1. The molecular weight excluding hydrogens is 286 g/mol. The summed E-state index contributed by atoms with van der Waals surface area (Å²) in [5.74, 6) is -7.44. The van der Waals surface area contributed by atoms with E-state index in [4.69, 9.17) is 5.26 Å².